The molecule has 0 spiro atoms. The topological polar surface area (TPSA) is 39.1 Å². The quantitative estimate of drug-likeness (QED) is 0.822. The van der Waals surface area contributed by atoms with E-state index in [0.29, 0.717) is 0 Å². The highest BCUT2D eigenvalue weighted by Gasteiger charge is 2.11. The average Bonchev–Trinajstić information content (AvgIpc) is 2.56. The molecule has 1 unspecified atom stereocenters. The molecule has 1 aliphatic rings. The van der Waals surface area contributed by atoms with Crippen LogP contribution in [0.1, 0.15) is 18.5 Å². The van der Waals surface area contributed by atoms with Crippen LogP contribution in [0.2, 0.25) is 0 Å². The molecule has 4 heteroatoms. The second-order valence-electron chi connectivity index (χ2n) is 3.89. The molecule has 4 nitrogen and oxygen atoms in total. The molecule has 0 saturated carbocycles. The van der Waals surface area contributed by atoms with E-state index in [9.17, 15) is 0 Å². The summed E-state index contributed by atoms with van der Waals surface area (Å²) in [4.78, 5) is 0. The van der Waals surface area contributed by atoms with Crippen molar-refractivity contribution in [2.75, 3.05) is 11.9 Å². The minimum absolute atomic E-state index is 0.287. The molecule has 0 fully saturated rings. The first-order valence-electron chi connectivity index (χ1n) is 5.30. The van der Waals surface area contributed by atoms with Gasteiger partial charge in [0.1, 0.15) is 6.10 Å². The summed E-state index contributed by atoms with van der Waals surface area (Å²) in [7, 11) is 1.93. The Morgan fingerprint density at radius 3 is 3.13 bits per heavy atom. The molecule has 0 aliphatic carbocycles. The van der Waals surface area contributed by atoms with Gasteiger partial charge in [-0.05, 0) is 25.8 Å². The second-order valence-corrected chi connectivity index (χ2v) is 3.89. The lowest BCUT2D eigenvalue weighted by molar-refractivity contribution is 0.135. The lowest BCUT2D eigenvalue weighted by atomic mass is 10.1. The van der Waals surface area contributed by atoms with E-state index in [1.165, 1.54) is 0 Å². The Morgan fingerprint density at radius 1 is 1.67 bits per heavy atom. The maximum atomic E-state index is 5.48. The zero-order valence-electron chi connectivity index (χ0n) is 9.23. The molecular weight excluding hydrogens is 190 g/mol. The predicted octanol–water partition coefficient (Wildman–Crippen LogP) is 1.83. The Kier molecular flexibility index (Phi) is 2.94. The fourth-order valence-corrected chi connectivity index (χ4v) is 1.73. The maximum Gasteiger partial charge on any atom is 0.115 e. The van der Waals surface area contributed by atoms with E-state index >= 15 is 0 Å². The predicted molar refractivity (Wildman–Crippen MR) is 59.7 cm³/mol. The van der Waals surface area contributed by atoms with Crippen molar-refractivity contribution in [2.24, 2.45) is 7.05 Å². The van der Waals surface area contributed by atoms with E-state index in [1.54, 1.807) is 6.26 Å². The van der Waals surface area contributed by atoms with Crippen LogP contribution in [0.4, 0.5) is 5.69 Å². The molecule has 1 aromatic rings. The first kappa shape index (κ1) is 10.1. The number of nitrogens with zero attached hydrogens (tertiary/aromatic N) is 2. The van der Waals surface area contributed by atoms with Crippen molar-refractivity contribution in [3.05, 3.63) is 24.2 Å². The van der Waals surface area contributed by atoms with E-state index < -0.39 is 0 Å². The molecule has 2 rings (SSSR count). The number of ether oxygens (including phenoxy) is 1. The van der Waals surface area contributed by atoms with E-state index in [4.69, 9.17) is 4.74 Å². The first-order valence-corrected chi connectivity index (χ1v) is 5.30. The molecule has 2 heterocycles. The highest BCUT2D eigenvalue weighted by atomic mass is 16.5. The fraction of sp³-hybridized carbons (Fsp3) is 0.545. The number of rotatable bonds is 3. The van der Waals surface area contributed by atoms with Crippen LogP contribution in [0.5, 0.6) is 0 Å². The van der Waals surface area contributed by atoms with Crippen LogP contribution in [-0.2, 0) is 11.8 Å². The number of anilines is 1. The van der Waals surface area contributed by atoms with Crippen molar-refractivity contribution >= 4 is 5.69 Å². The zero-order chi connectivity index (χ0) is 10.7. The molecule has 82 valence electrons. The maximum absolute atomic E-state index is 5.48. The molecule has 1 atom stereocenters. The highest BCUT2D eigenvalue weighted by Crippen LogP contribution is 2.14. The van der Waals surface area contributed by atoms with Gasteiger partial charge >= 0.3 is 0 Å². The Labute approximate surface area is 89.9 Å². The standard InChI is InChI=1S/C11H17N3O/c1-9-11(8-14(2)13-9)12-7-10-5-3-4-6-15-10/h4,6,8,10,12H,3,5,7H2,1-2H3. The smallest absolute Gasteiger partial charge is 0.115 e. The summed E-state index contributed by atoms with van der Waals surface area (Å²) >= 11 is 0. The Balaban J connectivity index is 1.87. The molecule has 1 aliphatic heterocycles. The third kappa shape index (κ3) is 2.52. The minimum Gasteiger partial charge on any atom is -0.497 e. The van der Waals surface area contributed by atoms with Crippen LogP contribution < -0.4 is 5.32 Å². The average molecular weight is 207 g/mol. The Hall–Kier alpha value is -1.45. The van der Waals surface area contributed by atoms with Gasteiger partial charge in [0, 0.05) is 13.2 Å². The number of aryl methyl sites for hydroxylation is 2. The van der Waals surface area contributed by atoms with Crippen molar-refractivity contribution < 1.29 is 4.74 Å². The summed E-state index contributed by atoms with van der Waals surface area (Å²) in [5.41, 5.74) is 2.12. The third-order valence-corrected chi connectivity index (χ3v) is 2.56. The van der Waals surface area contributed by atoms with E-state index in [2.05, 4.69) is 16.5 Å². The van der Waals surface area contributed by atoms with Gasteiger partial charge in [-0.25, -0.2) is 0 Å². The number of allylic oxidation sites excluding steroid dienone is 1. The van der Waals surface area contributed by atoms with Gasteiger partial charge in [0.2, 0.25) is 0 Å². The Morgan fingerprint density at radius 2 is 2.53 bits per heavy atom. The molecule has 0 amide bonds. The summed E-state index contributed by atoms with van der Waals surface area (Å²) < 4.78 is 7.29. The van der Waals surface area contributed by atoms with Crippen LogP contribution >= 0.6 is 0 Å². The normalized spacial score (nSPS) is 20.0. The number of aromatic nitrogens is 2. The van der Waals surface area contributed by atoms with Gasteiger partial charge in [-0.1, -0.05) is 0 Å². The summed E-state index contributed by atoms with van der Waals surface area (Å²) in [6, 6.07) is 0. The molecule has 0 bridgehead atoms. The first-order chi connectivity index (χ1) is 7.25. The van der Waals surface area contributed by atoms with Gasteiger partial charge in [-0.3, -0.25) is 4.68 Å². The number of hydrogen-bond acceptors (Lipinski definition) is 3. The van der Waals surface area contributed by atoms with E-state index in [-0.39, 0.29) is 6.10 Å². The van der Waals surface area contributed by atoms with Crippen molar-refractivity contribution in [1.29, 1.82) is 0 Å². The lowest BCUT2D eigenvalue weighted by Gasteiger charge is -2.19. The van der Waals surface area contributed by atoms with Crippen molar-refractivity contribution in [3.63, 3.8) is 0 Å². The van der Waals surface area contributed by atoms with Gasteiger partial charge in [-0.2, -0.15) is 5.10 Å². The summed E-state index contributed by atoms with van der Waals surface area (Å²) in [5.74, 6) is 0. The van der Waals surface area contributed by atoms with Crippen molar-refractivity contribution in [2.45, 2.75) is 25.9 Å². The van der Waals surface area contributed by atoms with Gasteiger partial charge in [0.15, 0.2) is 0 Å². The summed E-state index contributed by atoms with van der Waals surface area (Å²) in [5, 5.41) is 7.64. The van der Waals surface area contributed by atoms with Gasteiger partial charge in [0.25, 0.3) is 0 Å². The molecule has 15 heavy (non-hydrogen) atoms. The van der Waals surface area contributed by atoms with Gasteiger partial charge in [0.05, 0.1) is 24.2 Å². The van der Waals surface area contributed by atoms with E-state index in [1.807, 2.05) is 24.9 Å². The van der Waals surface area contributed by atoms with Crippen LogP contribution in [0.15, 0.2) is 18.5 Å². The molecule has 0 aromatic carbocycles. The van der Waals surface area contributed by atoms with Crippen LogP contribution in [0.25, 0.3) is 0 Å². The zero-order valence-corrected chi connectivity index (χ0v) is 9.23. The second kappa shape index (κ2) is 4.38. The van der Waals surface area contributed by atoms with Gasteiger partial charge in [-0.15, -0.1) is 0 Å². The number of hydrogen-bond donors (Lipinski definition) is 1. The number of nitrogens with one attached hydrogen (secondary N) is 1. The van der Waals surface area contributed by atoms with Crippen LogP contribution in [0, 0.1) is 6.92 Å². The molecule has 0 saturated heterocycles. The fourth-order valence-electron chi connectivity index (χ4n) is 1.73. The molecule has 0 radical (unpaired) electrons. The lowest BCUT2D eigenvalue weighted by Crippen LogP contribution is -2.23. The largest absolute Gasteiger partial charge is 0.497 e. The SMILES string of the molecule is Cc1nn(C)cc1NCC1CCC=CO1. The van der Waals surface area contributed by atoms with Crippen LogP contribution in [0.3, 0.4) is 0 Å². The molecular formula is C11H17N3O. The molecule has 1 aromatic heterocycles. The van der Waals surface area contributed by atoms with Crippen molar-refractivity contribution in [1.82, 2.24) is 9.78 Å². The monoisotopic (exact) mass is 207 g/mol. The summed E-state index contributed by atoms with van der Waals surface area (Å²) in [6.45, 7) is 2.85. The van der Waals surface area contributed by atoms with Crippen LogP contribution in [-0.4, -0.2) is 22.4 Å². The Bertz CT molecular complexity index is 357. The van der Waals surface area contributed by atoms with Gasteiger partial charge < -0.3 is 10.1 Å². The van der Waals surface area contributed by atoms with Crippen molar-refractivity contribution in [3.8, 4) is 0 Å². The minimum atomic E-state index is 0.287. The van der Waals surface area contributed by atoms with E-state index in [0.717, 1.165) is 30.8 Å². The highest BCUT2D eigenvalue weighted by molar-refractivity contribution is 5.45. The summed E-state index contributed by atoms with van der Waals surface area (Å²) in [6.07, 6.45) is 8.34. The third-order valence-electron chi connectivity index (χ3n) is 2.56. The molecule has 1 N–H and O–H groups in total.